The van der Waals surface area contributed by atoms with Gasteiger partial charge in [-0.1, -0.05) is 28.1 Å². The van der Waals surface area contributed by atoms with Crippen molar-refractivity contribution in [2.45, 2.75) is 25.7 Å². The number of aromatic amines is 1. The molecule has 3 aromatic rings. The van der Waals surface area contributed by atoms with E-state index in [-0.39, 0.29) is 16.6 Å². The smallest absolute Gasteiger partial charge is 0.293 e. The first-order valence-corrected chi connectivity index (χ1v) is 9.90. The van der Waals surface area contributed by atoms with Crippen LogP contribution < -0.4 is 10.5 Å². The van der Waals surface area contributed by atoms with Crippen LogP contribution in [0.15, 0.2) is 45.9 Å². The van der Waals surface area contributed by atoms with Gasteiger partial charge in [0.2, 0.25) is 0 Å². The first-order chi connectivity index (χ1) is 13.4. The number of piperidine rings is 1. The SMILES string of the molecule is Cc1cc(C2CCN(c3cc4nc[nH]c(=O)c4cc3[N+](=O)[O-])CC2)ccc1Br. The summed E-state index contributed by atoms with van der Waals surface area (Å²) < 4.78 is 1.10. The number of aryl methyl sites for hydroxylation is 1. The van der Waals surface area contributed by atoms with Crippen LogP contribution in [-0.2, 0) is 0 Å². The summed E-state index contributed by atoms with van der Waals surface area (Å²) in [7, 11) is 0. The van der Waals surface area contributed by atoms with Gasteiger partial charge in [0.25, 0.3) is 11.2 Å². The molecule has 7 nitrogen and oxygen atoms in total. The molecule has 0 radical (unpaired) electrons. The molecule has 1 N–H and O–H groups in total. The average molecular weight is 443 g/mol. The van der Waals surface area contributed by atoms with E-state index in [2.05, 4.69) is 51.0 Å². The summed E-state index contributed by atoms with van der Waals surface area (Å²) in [5, 5.41) is 11.9. The maximum atomic E-state index is 12.0. The molecule has 1 aliphatic heterocycles. The molecule has 28 heavy (non-hydrogen) atoms. The Kier molecular flexibility index (Phi) is 4.89. The maximum absolute atomic E-state index is 12.0. The summed E-state index contributed by atoms with van der Waals surface area (Å²) in [4.78, 5) is 31.8. The lowest BCUT2D eigenvalue weighted by Crippen LogP contribution is -2.33. The van der Waals surface area contributed by atoms with E-state index in [9.17, 15) is 14.9 Å². The number of nitrogens with zero attached hydrogens (tertiary/aromatic N) is 3. The van der Waals surface area contributed by atoms with Crippen molar-refractivity contribution < 1.29 is 4.92 Å². The van der Waals surface area contributed by atoms with Gasteiger partial charge in [-0.3, -0.25) is 14.9 Å². The van der Waals surface area contributed by atoms with Crippen molar-refractivity contribution in [3.8, 4) is 0 Å². The van der Waals surface area contributed by atoms with E-state index >= 15 is 0 Å². The molecule has 2 aromatic carbocycles. The number of nitro groups is 1. The fourth-order valence-electron chi connectivity index (χ4n) is 3.87. The molecule has 1 aromatic heterocycles. The normalized spacial score (nSPS) is 15.1. The summed E-state index contributed by atoms with van der Waals surface area (Å²) in [5.41, 5.74) is 3.09. The van der Waals surface area contributed by atoms with Gasteiger partial charge in [0.15, 0.2) is 0 Å². The zero-order valence-electron chi connectivity index (χ0n) is 15.3. The van der Waals surface area contributed by atoms with Crippen molar-refractivity contribution in [1.82, 2.24) is 9.97 Å². The van der Waals surface area contributed by atoms with Crippen LogP contribution in [0.4, 0.5) is 11.4 Å². The highest BCUT2D eigenvalue weighted by Crippen LogP contribution is 2.36. The average Bonchev–Trinajstić information content (AvgIpc) is 2.69. The molecule has 0 aliphatic carbocycles. The molecular weight excluding hydrogens is 424 g/mol. The highest BCUT2D eigenvalue weighted by Gasteiger charge is 2.27. The molecular formula is C20H19BrN4O3. The van der Waals surface area contributed by atoms with Crippen LogP contribution in [0.5, 0.6) is 0 Å². The van der Waals surface area contributed by atoms with Crippen LogP contribution in [0.1, 0.15) is 29.9 Å². The molecule has 1 aliphatic rings. The zero-order valence-corrected chi connectivity index (χ0v) is 16.9. The number of benzene rings is 2. The van der Waals surface area contributed by atoms with Crippen LogP contribution in [-0.4, -0.2) is 28.0 Å². The van der Waals surface area contributed by atoms with Gasteiger partial charge in [-0.25, -0.2) is 4.98 Å². The molecule has 1 fully saturated rings. The van der Waals surface area contributed by atoms with Crippen LogP contribution in [0.25, 0.3) is 10.9 Å². The standard InChI is InChI=1S/C20H19BrN4O3/c1-12-8-14(2-3-16(12)21)13-4-6-24(7-5-13)18-10-17-15(9-19(18)25(27)28)20(26)23-11-22-17/h2-3,8-11,13H,4-7H2,1H3,(H,22,23,26). The van der Waals surface area contributed by atoms with Crippen molar-refractivity contribution in [3.63, 3.8) is 0 Å². The van der Waals surface area contributed by atoms with Crippen LogP contribution >= 0.6 is 15.9 Å². The predicted octanol–water partition coefficient (Wildman–Crippen LogP) is 4.29. The minimum atomic E-state index is -0.425. The summed E-state index contributed by atoms with van der Waals surface area (Å²) >= 11 is 3.54. The predicted molar refractivity (Wildman–Crippen MR) is 112 cm³/mol. The number of H-pyrrole nitrogens is 1. The van der Waals surface area contributed by atoms with Crippen molar-refractivity contribution in [2.75, 3.05) is 18.0 Å². The highest BCUT2D eigenvalue weighted by molar-refractivity contribution is 9.10. The number of aromatic nitrogens is 2. The first-order valence-electron chi connectivity index (χ1n) is 9.11. The number of anilines is 1. The largest absolute Gasteiger partial charge is 0.366 e. The summed E-state index contributed by atoms with van der Waals surface area (Å²) in [5.74, 6) is 0.434. The Hall–Kier alpha value is -2.74. The third kappa shape index (κ3) is 3.40. The molecule has 1 saturated heterocycles. The third-order valence-electron chi connectivity index (χ3n) is 5.42. The van der Waals surface area contributed by atoms with Gasteiger partial charge in [0.05, 0.1) is 22.2 Å². The highest BCUT2D eigenvalue weighted by atomic mass is 79.9. The number of nitrogens with one attached hydrogen (secondary N) is 1. The molecule has 0 spiro atoms. The van der Waals surface area contributed by atoms with Gasteiger partial charge in [0, 0.05) is 23.6 Å². The van der Waals surface area contributed by atoms with Gasteiger partial charge in [-0.2, -0.15) is 0 Å². The van der Waals surface area contributed by atoms with E-state index in [1.807, 2.05) is 4.90 Å². The summed E-state index contributed by atoms with van der Waals surface area (Å²) in [6.07, 6.45) is 3.15. The van der Waals surface area contributed by atoms with Crippen molar-refractivity contribution >= 4 is 38.2 Å². The lowest BCUT2D eigenvalue weighted by Gasteiger charge is -2.33. The Morgan fingerprint density at radius 3 is 2.68 bits per heavy atom. The van der Waals surface area contributed by atoms with Gasteiger partial charge in [-0.05, 0) is 48.9 Å². The fraction of sp³-hybridized carbons (Fsp3) is 0.300. The Bertz CT molecular complexity index is 1120. The molecule has 4 rings (SSSR count). The minimum Gasteiger partial charge on any atom is -0.366 e. The van der Waals surface area contributed by atoms with Crippen molar-refractivity contribution in [3.05, 3.63) is 72.7 Å². The van der Waals surface area contributed by atoms with E-state index in [4.69, 9.17) is 0 Å². The Balaban J connectivity index is 1.63. The van der Waals surface area contributed by atoms with E-state index in [0.29, 0.717) is 17.1 Å². The van der Waals surface area contributed by atoms with Gasteiger partial charge in [0.1, 0.15) is 5.69 Å². The second-order valence-corrected chi connectivity index (χ2v) is 7.97. The zero-order chi connectivity index (χ0) is 19.8. The molecule has 0 amide bonds. The van der Waals surface area contributed by atoms with Crippen molar-refractivity contribution in [2.24, 2.45) is 0 Å². The van der Waals surface area contributed by atoms with Crippen LogP contribution in [0, 0.1) is 17.0 Å². The number of rotatable bonds is 3. The van der Waals surface area contributed by atoms with Gasteiger partial charge in [-0.15, -0.1) is 0 Å². The first kappa shape index (κ1) is 18.6. The number of hydrogen-bond donors (Lipinski definition) is 1. The fourth-order valence-corrected chi connectivity index (χ4v) is 4.11. The van der Waals surface area contributed by atoms with E-state index in [1.165, 1.54) is 23.5 Å². The number of halogens is 1. The number of fused-ring (bicyclic) bond motifs is 1. The van der Waals surface area contributed by atoms with E-state index in [1.54, 1.807) is 6.07 Å². The van der Waals surface area contributed by atoms with Gasteiger partial charge < -0.3 is 9.88 Å². The van der Waals surface area contributed by atoms with E-state index in [0.717, 1.165) is 30.4 Å². The monoisotopic (exact) mass is 442 g/mol. The Morgan fingerprint density at radius 2 is 2.00 bits per heavy atom. The minimum absolute atomic E-state index is 0.0519. The van der Waals surface area contributed by atoms with Crippen LogP contribution in [0.2, 0.25) is 0 Å². The van der Waals surface area contributed by atoms with Crippen LogP contribution in [0.3, 0.4) is 0 Å². The quantitative estimate of drug-likeness (QED) is 0.482. The number of nitro benzene ring substituents is 1. The lowest BCUT2D eigenvalue weighted by molar-refractivity contribution is -0.384. The molecule has 144 valence electrons. The maximum Gasteiger partial charge on any atom is 0.293 e. The van der Waals surface area contributed by atoms with Gasteiger partial charge >= 0.3 is 0 Å². The summed E-state index contributed by atoms with van der Waals surface area (Å²) in [6, 6.07) is 9.42. The molecule has 0 saturated carbocycles. The van der Waals surface area contributed by atoms with E-state index < -0.39 is 4.92 Å². The lowest BCUT2D eigenvalue weighted by atomic mass is 9.88. The molecule has 8 heteroatoms. The van der Waals surface area contributed by atoms with Crippen molar-refractivity contribution in [1.29, 1.82) is 0 Å². The molecule has 0 atom stereocenters. The Morgan fingerprint density at radius 1 is 1.25 bits per heavy atom. The second-order valence-electron chi connectivity index (χ2n) is 7.12. The Labute approximate surface area is 169 Å². The molecule has 0 bridgehead atoms. The summed E-state index contributed by atoms with van der Waals surface area (Å²) in [6.45, 7) is 3.51. The third-order valence-corrected chi connectivity index (χ3v) is 6.31. The second kappa shape index (κ2) is 7.35. The molecule has 2 heterocycles. The number of hydrogen-bond acceptors (Lipinski definition) is 5. The molecule has 0 unspecified atom stereocenters. The topological polar surface area (TPSA) is 92.1 Å².